The van der Waals surface area contributed by atoms with Crippen molar-refractivity contribution < 1.29 is 4.74 Å². The number of nitrogen functional groups attached to an aromatic ring is 1. The maximum absolute atomic E-state index is 5.90. The first-order valence-electron chi connectivity index (χ1n) is 6.82. The Balaban J connectivity index is 2.08. The number of nitrogens with zero attached hydrogens (tertiary/aromatic N) is 3. The zero-order valence-electron chi connectivity index (χ0n) is 12.2. The number of aromatic nitrogens is 1. The molecule has 1 aromatic rings. The van der Waals surface area contributed by atoms with Crippen LogP contribution in [0.1, 0.15) is 26.7 Å². The summed E-state index contributed by atoms with van der Waals surface area (Å²) >= 11 is 1.42. The molecule has 2 rings (SSSR count). The monoisotopic (exact) mass is 284 g/mol. The van der Waals surface area contributed by atoms with Crippen LogP contribution in [-0.2, 0) is 0 Å². The second kappa shape index (κ2) is 5.96. The van der Waals surface area contributed by atoms with Gasteiger partial charge in [-0.05, 0) is 51.8 Å². The molecule has 6 heteroatoms. The molecule has 1 unspecified atom stereocenters. The van der Waals surface area contributed by atoms with Gasteiger partial charge in [0.15, 0.2) is 16.6 Å². The van der Waals surface area contributed by atoms with Crippen molar-refractivity contribution in [2.45, 2.75) is 38.8 Å². The molecule has 0 saturated carbocycles. The molecule has 108 valence electrons. The van der Waals surface area contributed by atoms with Gasteiger partial charge in [0.1, 0.15) is 0 Å². The minimum absolute atomic E-state index is 0.111. The summed E-state index contributed by atoms with van der Waals surface area (Å²) < 4.78 is 10.0. The number of anilines is 2. The molecule has 1 aliphatic heterocycles. The lowest BCUT2D eigenvalue weighted by atomic mass is 10.2. The maximum atomic E-state index is 5.90. The molecule has 0 aromatic carbocycles. The molecule has 0 bridgehead atoms. The van der Waals surface area contributed by atoms with E-state index in [9.17, 15) is 0 Å². The Morgan fingerprint density at radius 2 is 2.32 bits per heavy atom. The minimum atomic E-state index is 0.111. The fraction of sp³-hybridized carbons (Fsp3) is 0.769. The number of likely N-dealkylation sites (N-methyl/N-ethyl adjacent to an activating group) is 2. The van der Waals surface area contributed by atoms with E-state index in [1.54, 1.807) is 0 Å². The molecule has 0 amide bonds. The van der Waals surface area contributed by atoms with E-state index in [4.69, 9.17) is 10.5 Å². The molecule has 0 spiro atoms. The largest absolute Gasteiger partial charge is 0.484 e. The highest BCUT2D eigenvalue weighted by atomic mass is 32.1. The minimum Gasteiger partial charge on any atom is -0.484 e. The summed E-state index contributed by atoms with van der Waals surface area (Å²) in [5.74, 6) is 1.24. The summed E-state index contributed by atoms with van der Waals surface area (Å²) in [5, 5.41) is 1.03. The Morgan fingerprint density at radius 1 is 1.58 bits per heavy atom. The number of hydrogen-bond donors (Lipinski definition) is 1. The average Bonchev–Trinajstić information content (AvgIpc) is 2.87. The van der Waals surface area contributed by atoms with Crippen LogP contribution in [0.25, 0.3) is 0 Å². The van der Waals surface area contributed by atoms with Crippen molar-refractivity contribution in [1.29, 1.82) is 0 Å². The van der Waals surface area contributed by atoms with Crippen LogP contribution in [0, 0.1) is 0 Å². The third-order valence-corrected chi connectivity index (χ3v) is 4.47. The van der Waals surface area contributed by atoms with Crippen LogP contribution in [0.4, 0.5) is 10.8 Å². The third kappa shape index (κ3) is 3.30. The van der Waals surface area contributed by atoms with Gasteiger partial charge in [0.05, 0.1) is 6.10 Å². The highest BCUT2D eigenvalue weighted by molar-refractivity contribution is 7.11. The van der Waals surface area contributed by atoms with E-state index in [1.807, 2.05) is 13.8 Å². The predicted octanol–water partition coefficient (Wildman–Crippen LogP) is 2.04. The van der Waals surface area contributed by atoms with Crippen molar-refractivity contribution in [3.63, 3.8) is 0 Å². The van der Waals surface area contributed by atoms with Crippen molar-refractivity contribution in [2.24, 2.45) is 0 Å². The number of nitrogens with two attached hydrogens (primary N) is 1. The van der Waals surface area contributed by atoms with E-state index in [-0.39, 0.29) is 6.10 Å². The van der Waals surface area contributed by atoms with Gasteiger partial charge in [-0.1, -0.05) is 0 Å². The first-order chi connectivity index (χ1) is 8.99. The number of ether oxygens (including phenoxy) is 1. The van der Waals surface area contributed by atoms with Crippen LogP contribution >= 0.6 is 11.5 Å². The topological polar surface area (TPSA) is 54.6 Å². The van der Waals surface area contributed by atoms with Crippen molar-refractivity contribution >= 4 is 22.4 Å². The summed E-state index contributed by atoms with van der Waals surface area (Å²) in [6.07, 6.45) is 2.66. The lowest BCUT2D eigenvalue weighted by molar-refractivity contribution is 0.244. The Hall–Kier alpha value is -1.01. The van der Waals surface area contributed by atoms with E-state index in [2.05, 4.69) is 28.3 Å². The Bertz CT molecular complexity index is 421. The van der Waals surface area contributed by atoms with Crippen LogP contribution in [0.2, 0.25) is 0 Å². The first-order valence-corrected chi connectivity index (χ1v) is 7.59. The molecule has 19 heavy (non-hydrogen) atoms. The maximum Gasteiger partial charge on any atom is 0.198 e. The van der Waals surface area contributed by atoms with Gasteiger partial charge in [-0.2, -0.15) is 4.37 Å². The van der Waals surface area contributed by atoms with Gasteiger partial charge in [0, 0.05) is 19.6 Å². The molecule has 5 nitrogen and oxygen atoms in total. The molecular formula is C13H24N4OS. The second-order valence-corrected chi connectivity index (χ2v) is 6.28. The molecule has 1 aromatic heterocycles. The van der Waals surface area contributed by atoms with Crippen LogP contribution in [0.5, 0.6) is 5.75 Å². The molecular weight excluding hydrogens is 260 g/mol. The third-order valence-electron chi connectivity index (χ3n) is 3.51. The van der Waals surface area contributed by atoms with E-state index in [0.29, 0.717) is 11.9 Å². The number of hydrogen-bond acceptors (Lipinski definition) is 6. The summed E-state index contributed by atoms with van der Waals surface area (Å²) in [4.78, 5) is 4.64. The Kier molecular flexibility index (Phi) is 4.52. The van der Waals surface area contributed by atoms with Crippen molar-refractivity contribution in [1.82, 2.24) is 9.27 Å². The number of likely N-dealkylation sites (tertiary alicyclic amines) is 1. The molecule has 0 aliphatic carbocycles. The second-order valence-electron chi connectivity index (χ2n) is 5.53. The summed E-state index contributed by atoms with van der Waals surface area (Å²) in [6.45, 7) is 6.20. The predicted molar refractivity (Wildman–Crippen MR) is 81.2 cm³/mol. The van der Waals surface area contributed by atoms with Crippen molar-refractivity contribution in [3.8, 4) is 5.75 Å². The van der Waals surface area contributed by atoms with Gasteiger partial charge in [0.25, 0.3) is 0 Å². The molecule has 2 N–H and O–H groups in total. The Labute approximate surface area is 119 Å². The molecule has 1 saturated heterocycles. The lowest BCUT2D eigenvalue weighted by Gasteiger charge is -2.26. The van der Waals surface area contributed by atoms with Crippen LogP contribution in [0.3, 0.4) is 0 Å². The normalized spacial score (nSPS) is 20.2. The highest BCUT2D eigenvalue weighted by Crippen LogP contribution is 2.38. The molecule has 2 heterocycles. The van der Waals surface area contributed by atoms with Gasteiger partial charge in [-0.25, -0.2) is 0 Å². The fourth-order valence-electron chi connectivity index (χ4n) is 2.48. The van der Waals surface area contributed by atoms with Crippen molar-refractivity contribution in [2.75, 3.05) is 37.8 Å². The van der Waals surface area contributed by atoms with Crippen LogP contribution < -0.4 is 15.4 Å². The Morgan fingerprint density at radius 3 is 2.89 bits per heavy atom. The van der Waals surface area contributed by atoms with Gasteiger partial charge >= 0.3 is 0 Å². The van der Waals surface area contributed by atoms with Gasteiger partial charge in [-0.3, -0.25) is 0 Å². The van der Waals surface area contributed by atoms with Gasteiger partial charge < -0.3 is 20.3 Å². The van der Waals surface area contributed by atoms with E-state index in [1.165, 1.54) is 30.9 Å². The first kappa shape index (κ1) is 14.4. The average molecular weight is 284 g/mol. The molecule has 0 radical (unpaired) electrons. The molecule has 1 fully saturated rings. The number of rotatable bonds is 5. The van der Waals surface area contributed by atoms with E-state index in [0.717, 1.165) is 17.3 Å². The fourth-order valence-corrected chi connectivity index (χ4v) is 3.20. The quantitative estimate of drug-likeness (QED) is 0.897. The van der Waals surface area contributed by atoms with E-state index >= 15 is 0 Å². The standard InChI is InChI=1S/C13H24N4OS/c1-9(2)18-11-12(14)15-19-13(11)17(4)8-10-6-5-7-16(10)3/h9-10H,5-8H2,1-4H3,(H2,14,15). The van der Waals surface area contributed by atoms with Gasteiger partial charge in [0.2, 0.25) is 0 Å². The van der Waals surface area contributed by atoms with Crippen molar-refractivity contribution in [3.05, 3.63) is 0 Å². The van der Waals surface area contributed by atoms with Crippen LogP contribution in [0.15, 0.2) is 0 Å². The van der Waals surface area contributed by atoms with E-state index < -0.39 is 0 Å². The lowest BCUT2D eigenvalue weighted by Crippen LogP contribution is -2.36. The summed E-state index contributed by atoms with van der Waals surface area (Å²) in [6, 6.07) is 0.611. The molecule has 1 aliphatic rings. The highest BCUT2D eigenvalue weighted by Gasteiger charge is 2.25. The summed E-state index contributed by atoms with van der Waals surface area (Å²) in [7, 11) is 4.28. The molecule has 1 atom stereocenters. The summed E-state index contributed by atoms with van der Waals surface area (Å²) in [5.41, 5.74) is 5.90. The zero-order chi connectivity index (χ0) is 14.0. The zero-order valence-corrected chi connectivity index (χ0v) is 13.0. The SMILES string of the molecule is CC(C)Oc1c(N)nsc1N(C)CC1CCCN1C. The smallest absolute Gasteiger partial charge is 0.198 e. The van der Waals surface area contributed by atoms with Crippen LogP contribution in [-0.4, -0.2) is 48.6 Å². The van der Waals surface area contributed by atoms with Gasteiger partial charge in [-0.15, -0.1) is 0 Å².